The molecule has 0 aromatic heterocycles. The molecule has 0 aliphatic heterocycles. The maximum atomic E-state index is 9.25. The van der Waals surface area contributed by atoms with E-state index < -0.39 is 6.29 Å². The van der Waals surface area contributed by atoms with Crippen LogP contribution in [-0.4, -0.2) is 18.0 Å². The lowest BCUT2D eigenvalue weighted by molar-refractivity contribution is -0.116. The summed E-state index contributed by atoms with van der Waals surface area (Å²) in [7, 11) is 0. The third kappa shape index (κ3) is 7.82. The minimum absolute atomic E-state index is 0.497. The molecule has 1 N–H and O–H groups in total. The molecule has 0 aromatic rings. The van der Waals surface area contributed by atoms with Crippen LogP contribution in [0.4, 0.5) is 0 Å². The molecule has 0 aliphatic rings. The fraction of sp³-hybridized carbons (Fsp3) is 1.00. The highest BCUT2D eigenvalue weighted by atomic mass is 16.6. The molecule has 0 spiro atoms. The van der Waals surface area contributed by atoms with Crippen molar-refractivity contribution in [3.63, 3.8) is 0 Å². The molecule has 0 saturated heterocycles. The molecule has 0 saturated carbocycles. The van der Waals surface area contributed by atoms with Crippen LogP contribution >= 0.6 is 0 Å². The zero-order valence-corrected chi connectivity index (χ0v) is 8.00. The van der Waals surface area contributed by atoms with Crippen molar-refractivity contribution in [2.24, 2.45) is 11.8 Å². The lowest BCUT2D eigenvalue weighted by Crippen LogP contribution is -2.17. The van der Waals surface area contributed by atoms with E-state index in [1.807, 2.05) is 0 Å². The zero-order valence-electron chi connectivity index (χ0n) is 8.00. The maximum absolute atomic E-state index is 9.25. The third-order valence-electron chi connectivity index (χ3n) is 1.29. The summed E-state index contributed by atoms with van der Waals surface area (Å²) in [4.78, 5) is 0. The predicted molar refractivity (Wildman–Crippen MR) is 46.3 cm³/mol. The standard InChI is InChI=1S/C9H20O2/c1-7(2)5-9(10)11-6-8(3)4/h7-10H,5-6H2,1-4H3. The predicted octanol–water partition coefficient (Wildman–Crippen LogP) is 2.02. The number of aliphatic hydroxyl groups excluding tert-OH is 1. The van der Waals surface area contributed by atoms with E-state index >= 15 is 0 Å². The maximum Gasteiger partial charge on any atom is 0.154 e. The van der Waals surface area contributed by atoms with Gasteiger partial charge in [0.15, 0.2) is 6.29 Å². The Labute approximate surface area is 69.6 Å². The summed E-state index contributed by atoms with van der Waals surface area (Å²) in [5.74, 6) is 0.994. The second kappa shape index (κ2) is 5.56. The summed E-state index contributed by atoms with van der Waals surface area (Å²) >= 11 is 0. The average molecular weight is 160 g/mol. The van der Waals surface area contributed by atoms with Crippen molar-refractivity contribution in [1.82, 2.24) is 0 Å². The second-order valence-corrected chi connectivity index (χ2v) is 3.81. The molecule has 0 aromatic carbocycles. The van der Waals surface area contributed by atoms with E-state index in [-0.39, 0.29) is 0 Å². The molecule has 68 valence electrons. The van der Waals surface area contributed by atoms with Crippen LogP contribution in [0.15, 0.2) is 0 Å². The van der Waals surface area contributed by atoms with Gasteiger partial charge in [0.1, 0.15) is 0 Å². The Kier molecular flexibility index (Phi) is 5.51. The monoisotopic (exact) mass is 160 g/mol. The quantitative estimate of drug-likeness (QED) is 0.623. The molecular formula is C9H20O2. The molecule has 2 heteroatoms. The Morgan fingerprint density at radius 1 is 1.09 bits per heavy atom. The van der Waals surface area contributed by atoms with Crippen molar-refractivity contribution in [3.8, 4) is 0 Å². The van der Waals surface area contributed by atoms with E-state index in [9.17, 15) is 5.11 Å². The summed E-state index contributed by atoms with van der Waals surface area (Å²) in [6, 6.07) is 0. The van der Waals surface area contributed by atoms with Crippen LogP contribution in [0.3, 0.4) is 0 Å². The summed E-state index contributed by atoms with van der Waals surface area (Å²) in [5.41, 5.74) is 0. The Morgan fingerprint density at radius 2 is 1.64 bits per heavy atom. The highest BCUT2D eigenvalue weighted by Crippen LogP contribution is 2.06. The fourth-order valence-electron chi connectivity index (χ4n) is 0.775. The van der Waals surface area contributed by atoms with Crippen LogP contribution in [0.25, 0.3) is 0 Å². The Bertz CT molecular complexity index is 89.6. The van der Waals surface area contributed by atoms with Gasteiger partial charge in [0.2, 0.25) is 0 Å². The minimum atomic E-state index is -0.572. The molecule has 0 fully saturated rings. The molecule has 0 bridgehead atoms. The van der Waals surface area contributed by atoms with Gasteiger partial charge in [0.05, 0.1) is 6.61 Å². The van der Waals surface area contributed by atoms with Gasteiger partial charge >= 0.3 is 0 Å². The molecule has 1 unspecified atom stereocenters. The van der Waals surface area contributed by atoms with Crippen molar-refractivity contribution in [3.05, 3.63) is 0 Å². The lowest BCUT2D eigenvalue weighted by Gasteiger charge is -2.15. The van der Waals surface area contributed by atoms with E-state index in [1.165, 1.54) is 0 Å². The number of aliphatic hydroxyl groups is 1. The SMILES string of the molecule is CC(C)COC(O)CC(C)C. The average Bonchev–Trinajstić information content (AvgIpc) is 1.82. The van der Waals surface area contributed by atoms with Gasteiger partial charge in [0, 0.05) is 6.42 Å². The van der Waals surface area contributed by atoms with E-state index in [0.717, 1.165) is 6.42 Å². The Hall–Kier alpha value is -0.0800. The van der Waals surface area contributed by atoms with E-state index in [1.54, 1.807) is 0 Å². The first-order valence-electron chi connectivity index (χ1n) is 4.32. The number of hydrogen-bond donors (Lipinski definition) is 1. The summed E-state index contributed by atoms with van der Waals surface area (Å²) < 4.78 is 5.17. The molecule has 2 nitrogen and oxygen atoms in total. The molecule has 11 heavy (non-hydrogen) atoms. The summed E-state index contributed by atoms with van der Waals surface area (Å²) in [6.45, 7) is 8.93. The van der Waals surface area contributed by atoms with Gasteiger partial charge in [-0.15, -0.1) is 0 Å². The van der Waals surface area contributed by atoms with Crippen LogP contribution in [0.1, 0.15) is 34.1 Å². The van der Waals surface area contributed by atoms with E-state index in [0.29, 0.717) is 18.4 Å². The smallest absolute Gasteiger partial charge is 0.154 e. The van der Waals surface area contributed by atoms with Gasteiger partial charge in [-0.2, -0.15) is 0 Å². The number of rotatable bonds is 5. The Morgan fingerprint density at radius 3 is 2.00 bits per heavy atom. The van der Waals surface area contributed by atoms with Crippen molar-refractivity contribution >= 4 is 0 Å². The first kappa shape index (κ1) is 10.9. The molecule has 0 amide bonds. The van der Waals surface area contributed by atoms with Crippen molar-refractivity contribution in [2.45, 2.75) is 40.4 Å². The van der Waals surface area contributed by atoms with Crippen LogP contribution in [0.5, 0.6) is 0 Å². The van der Waals surface area contributed by atoms with Gasteiger partial charge in [-0.3, -0.25) is 0 Å². The van der Waals surface area contributed by atoms with Crippen LogP contribution in [0, 0.1) is 11.8 Å². The zero-order chi connectivity index (χ0) is 8.85. The van der Waals surface area contributed by atoms with Gasteiger partial charge in [0.25, 0.3) is 0 Å². The third-order valence-corrected chi connectivity index (χ3v) is 1.29. The largest absolute Gasteiger partial charge is 0.368 e. The molecule has 0 heterocycles. The number of hydrogen-bond acceptors (Lipinski definition) is 2. The lowest BCUT2D eigenvalue weighted by atomic mass is 10.1. The van der Waals surface area contributed by atoms with Gasteiger partial charge < -0.3 is 9.84 Å². The van der Waals surface area contributed by atoms with Crippen LogP contribution in [-0.2, 0) is 4.74 Å². The van der Waals surface area contributed by atoms with Crippen LogP contribution < -0.4 is 0 Å². The second-order valence-electron chi connectivity index (χ2n) is 3.81. The summed E-state index contributed by atoms with van der Waals surface area (Å²) in [5, 5.41) is 9.25. The first-order chi connectivity index (χ1) is 5.02. The van der Waals surface area contributed by atoms with Gasteiger partial charge in [-0.1, -0.05) is 27.7 Å². The topological polar surface area (TPSA) is 29.5 Å². The van der Waals surface area contributed by atoms with Crippen molar-refractivity contribution in [1.29, 1.82) is 0 Å². The van der Waals surface area contributed by atoms with E-state index in [2.05, 4.69) is 27.7 Å². The fourth-order valence-corrected chi connectivity index (χ4v) is 0.775. The highest BCUT2D eigenvalue weighted by Gasteiger charge is 2.06. The molecular weight excluding hydrogens is 140 g/mol. The number of ether oxygens (including phenoxy) is 1. The van der Waals surface area contributed by atoms with E-state index in [4.69, 9.17) is 4.74 Å². The first-order valence-corrected chi connectivity index (χ1v) is 4.32. The normalized spacial score (nSPS) is 14.5. The Balaban J connectivity index is 3.29. The van der Waals surface area contributed by atoms with Crippen molar-refractivity contribution < 1.29 is 9.84 Å². The molecule has 1 atom stereocenters. The summed E-state index contributed by atoms with van der Waals surface area (Å²) in [6.07, 6.45) is 0.157. The van der Waals surface area contributed by atoms with Crippen molar-refractivity contribution in [2.75, 3.05) is 6.61 Å². The minimum Gasteiger partial charge on any atom is -0.368 e. The van der Waals surface area contributed by atoms with Gasteiger partial charge in [-0.05, 0) is 11.8 Å². The van der Waals surface area contributed by atoms with Crippen LogP contribution in [0.2, 0.25) is 0 Å². The molecule has 0 aliphatic carbocycles. The molecule has 0 radical (unpaired) electrons. The van der Waals surface area contributed by atoms with Gasteiger partial charge in [-0.25, -0.2) is 0 Å². The molecule has 0 rings (SSSR count). The highest BCUT2D eigenvalue weighted by molar-refractivity contribution is 4.48.